The predicted octanol–water partition coefficient (Wildman–Crippen LogP) is 2.52. The number of hydrogen-bond acceptors (Lipinski definition) is 1. The summed E-state index contributed by atoms with van der Waals surface area (Å²) >= 11 is 0. The van der Waals surface area contributed by atoms with E-state index in [0.717, 1.165) is 12.6 Å². The average Bonchev–Trinajstić information content (AvgIpc) is 2.69. The van der Waals surface area contributed by atoms with E-state index in [0.29, 0.717) is 0 Å². The summed E-state index contributed by atoms with van der Waals surface area (Å²) < 4.78 is 0. The SMILES string of the molecule is [c]1ccccc1CNC1CCCC1. The van der Waals surface area contributed by atoms with Crippen molar-refractivity contribution in [2.45, 2.75) is 38.3 Å². The van der Waals surface area contributed by atoms with Crippen LogP contribution in [0.3, 0.4) is 0 Å². The predicted molar refractivity (Wildman–Crippen MR) is 54.4 cm³/mol. The Bertz CT molecular complexity index is 237. The number of rotatable bonds is 3. The highest BCUT2D eigenvalue weighted by Crippen LogP contribution is 2.17. The molecule has 1 nitrogen and oxygen atoms in total. The molecule has 0 amide bonds. The minimum Gasteiger partial charge on any atom is -0.310 e. The van der Waals surface area contributed by atoms with Gasteiger partial charge in [-0.05, 0) is 24.5 Å². The average molecular weight is 174 g/mol. The maximum Gasteiger partial charge on any atom is 0.0214 e. The largest absolute Gasteiger partial charge is 0.310 e. The standard InChI is InChI=1S/C12H16N/c1-2-6-11(7-3-1)10-13-12-8-4-5-9-12/h1-3,6,12-13H,4-5,8-10H2. The Morgan fingerprint density at radius 1 is 1.31 bits per heavy atom. The summed E-state index contributed by atoms with van der Waals surface area (Å²) in [6.07, 6.45) is 5.51. The van der Waals surface area contributed by atoms with Gasteiger partial charge in [-0.3, -0.25) is 0 Å². The minimum absolute atomic E-state index is 0.758. The van der Waals surface area contributed by atoms with E-state index in [2.05, 4.69) is 23.5 Å². The van der Waals surface area contributed by atoms with Crippen molar-refractivity contribution >= 4 is 0 Å². The van der Waals surface area contributed by atoms with Gasteiger partial charge in [0.05, 0.1) is 0 Å². The smallest absolute Gasteiger partial charge is 0.0214 e. The third kappa shape index (κ3) is 2.56. The summed E-state index contributed by atoms with van der Waals surface area (Å²) in [5.74, 6) is 0. The number of hydrogen-bond donors (Lipinski definition) is 1. The summed E-state index contributed by atoms with van der Waals surface area (Å²) in [5, 5.41) is 3.57. The van der Waals surface area contributed by atoms with Crippen LogP contribution in [0.25, 0.3) is 0 Å². The molecule has 1 aliphatic carbocycles. The topological polar surface area (TPSA) is 12.0 Å². The van der Waals surface area contributed by atoms with Crippen LogP contribution in [-0.4, -0.2) is 6.04 Å². The summed E-state index contributed by atoms with van der Waals surface area (Å²) in [6, 6.07) is 12.2. The highest BCUT2D eigenvalue weighted by Gasteiger charge is 2.13. The van der Waals surface area contributed by atoms with Crippen LogP contribution in [0.2, 0.25) is 0 Å². The summed E-state index contributed by atoms with van der Waals surface area (Å²) in [4.78, 5) is 0. The third-order valence-electron chi connectivity index (χ3n) is 2.71. The molecule has 0 unspecified atom stereocenters. The van der Waals surface area contributed by atoms with Gasteiger partial charge in [0.15, 0.2) is 0 Å². The molecule has 1 N–H and O–H groups in total. The Labute approximate surface area is 80.2 Å². The summed E-state index contributed by atoms with van der Waals surface area (Å²) in [6.45, 7) is 0.978. The Kier molecular flexibility index (Phi) is 2.98. The zero-order valence-corrected chi connectivity index (χ0v) is 7.92. The van der Waals surface area contributed by atoms with E-state index in [9.17, 15) is 0 Å². The Morgan fingerprint density at radius 3 is 2.85 bits per heavy atom. The van der Waals surface area contributed by atoms with Gasteiger partial charge in [0.1, 0.15) is 0 Å². The van der Waals surface area contributed by atoms with Crippen molar-refractivity contribution in [1.82, 2.24) is 5.32 Å². The van der Waals surface area contributed by atoms with Crippen molar-refractivity contribution in [2.24, 2.45) is 0 Å². The quantitative estimate of drug-likeness (QED) is 0.742. The molecular formula is C12H16N. The van der Waals surface area contributed by atoms with Gasteiger partial charge in [0.2, 0.25) is 0 Å². The second-order valence-electron chi connectivity index (χ2n) is 3.75. The van der Waals surface area contributed by atoms with Crippen LogP contribution in [0.15, 0.2) is 24.3 Å². The lowest BCUT2D eigenvalue weighted by molar-refractivity contribution is 0.524. The van der Waals surface area contributed by atoms with E-state index < -0.39 is 0 Å². The lowest BCUT2D eigenvalue weighted by atomic mass is 10.2. The highest BCUT2D eigenvalue weighted by atomic mass is 14.9. The van der Waals surface area contributed by atoms with Gasteiger partial charge >= 0.3 is 0 Å². The van der Waals surface area contributed by atoms with E-state index in [1.807, 2.05) is 12.1 Å². The van der Waals surface area contributed by atoms with Crippen LogP contribution in [0, 0.1) is 6.07 Å². The first-order chi connectivity index (χ1) is 6.45. The lowest BCUT2D eigenvalue weighted by Gasteiger charge is -2.10. The van der Waals surface area contributed by atoms with Gasteiger partial charge in [-0.15, -0.1) is 0 Å². The second kappa shape index (κ2) is 4.43. The summed E-state index contributed by atoms with van der Waals surface area (Å²) in [5.41, 5.74) is 1.27. The van der Waals surface area contributed by atoms with Crippen LogP contribution >= 0.6 is 0 Å². The van der Waals surface area contributed by atoms with Crippen LogP contribution < -0.4 is 5.32 Å². The van der Waals surface area contributed by atoms with Gasteiger partial charge in [-0.1, -0.05) is 37.1 Å². The van der Waals surface area contributed by atoms with E-state index >= 15 is 0 Å². The van der Waals surface area contributed by atoms with Crippen molar-refractivity contribution in [1.29, 1.82) is 0 Å². The number of benzene rings is 1. The molecule has 0 heterocycles. The molecule has 13 heavy (non-hydrogen) atoms. The van der Waals surface area contributed by atoms with Crippen molar-refractivity contribution in [3.8, 4) is 0 Å². The molecule has 0 spiro atoms. The first-order valence-corrected chi connectivity index (χ1v) is 5.14. The first kappa shape index (κ1) is 8.76. The normalized spacial score (nSPS) is 17.8. The van der Waals surface area contributed by atoms with Crippen molar-refractivity contribution < 1.29 is 0 Å². The highest BCUT2D eigenvalue weighted by molar-refractivity contribution is 5.12. The van der Waals surface area contributed by atoms with Gasteiger partial charge < -0.3 is 5.32 Å². The fraction of sp³-hybridized carbons (Fsp3) is 0.500. The summed E-state index contributed by atoms with van der Waals surface area (Å²) in [7, 11) is 0. The molecule has 0 saturated heterocycles. The molecule has 1 aromatic rings. The second-order valence-corrected chi connectivity index (χ2v) is 3.75. The third-order valence-corrected chi connectivity index (χ3v) is 2.71. The van der Waals surface area contributed by atoms with Crippen LogP contribution in [-0.2, 0) is 6.54 Å². The monoisotopic (exact) mass is 174 g/mol. The fourth-order valence-electron chi connectivity index (χ4n) is 1.92. The van der Waals surface area contributed by atoms with Crippen LogP contribution in [0.4, 0.5) is 0 Å². The van der Waals surface area contributed by atoms with Gasteiger partial charge in [-0.25, -0.2) is 0 Å². The Hall–Kier alpha value is -0.820. The maximum absolute atomic E-state index is 3.57. The molecular weight excluding hydrogens is 158 g/mol. The van der Waals surface area contributed by atoms with E-state index in [-0.39, 0.29) is 0 Å². The molecule has 1 aromatic carbocycles. The zero-order valence-electron chi connectivity index (χ0n) is 7.92. The first-order valence-electron chi connectivity index (χ1n) is 5.14. The van der Waals surface area contributed by atoms with Gasteiger partial charge in [0, 0.05) is 12.6 Å². The fourth-order valence-corrected chi connectivity index (χ4v) is 1.92. The minimum atomic E-state index is 0.758. The number of nitrogens with one attached hydrogen (secondary N) is 1. The van der Waals surface area contributed by atoms with Crippen LogP contribution in [0.1, 0.15) is 31.2 Å². The lowest BCUT2D eigenvalue weighted by Crippen LogP contribution is -2.25. The molecule has 0 atom stereocenters. The molecule has 1 saturated carbocycles. The molecule has 1 aliphatic rings. The van der Waals surface area contributed by atoms with Gasteiger partial charge in [-0.2, -0.15) is 0 Å². The van der Waals surface area contributed by atoms with Crippen LogP contribution in [0.5, 0.6) is 0 Å². The molecule has 1 heteroatoms. The van der Waals surface area contributed by atoms with E-state index in [4.69, 9.17) is 0 Å². The Balaban J connectivity index is 1.79. The van der Waals surface area contributed by atoms with Gasteiger partial charge in [0.25, 0.3) is 0 Å². The van der Waals surface area contributed by atoms with Crippen molar-refractivity contribution in [3.63, 3.8) is 0 Å². The Morgan fingerprint density at radius 2 is 2.15 bits per heavy atom. The molecule has 69 valence electrons. The van der Waals surface area contributed by atoms with E-state index in [1.54, 1.807) is 0 Å². The zero-order chi connectivity index (χ0) is 8.93. The van der Waals surface area contributed by atoms with E-state index in [1.165, 1.54) is 31.2 Å². The van der Waals surface area contributed by atoms with Crippen molar-refractivity contribution in [3.05, 3.63) is 35.9 Å². The molecule has 0 aliphatic heterocycles. The van der Waals surface area contributed by atoms with Crippen molar-refractivity contribution in [2.75, 3.05) is 0 Å². The molecule has 0 bridgehead atoms. The molecule has 2 rings (SSSR count). The molecule has 1 radical (unpaired) electrons. The molecule has 0 aromatic heterocycles. The maximum atomic E-state index is 3.57. The molecule has 1 fully saturated rings.